The fourth-order valence-corrected chi connectivity index (χ4v) is 4.21. The van der Waals surface area contributed by atoms with Crippen molar-refractivity contribution in [2.75, 3.05) is 0 Å². The van der Waals surface area contributed by atoms with Gasteiger partial charge in [0, 0.05) is 17.9 Å². The summed E-state index contributed by atoms with van der Waals surface area (Å²) in [7, 11) is 0. The highest BCUT2D eigenvalue weighted by Gasteiger charge is 2.16. The van der Waals surface area contributed by atoms with E-state index in [1.807, 2.05) is 6.92 Å². The maximum absolute atomic E-state index is 12.7. The summed E-state index contributed by atoms with van der Waals surface area (Å²) in [4.78, 5) is 37.2. The van der Waals surface area contributed by atoms with Crippen molar-refractivity contribution >= 4 is 17.7 Å². The molecule has 0 aliphatic rings. The van der Waals surface area contributed by atoms with Crippen LogP contribution in [0.1, 0.15) is 125 Å². The van der Waals surface area contributed by atoms with Crippen molar-refractivity contribution < 1.29 is 23.9 Å². The van der Waals surface area contributed by atoms with E-state index < -0.39 is 5.97 Å². The molecule has 0 amide bonds. The van der Waals surface area contributed by atoms with Gasteiger partial charge in [-0.05, 0) is 61.4 Å². The van der Waals surface area contributed by atoms with Gasteiger partial charge in [-0.1, -0.05) is 85.0 Å². The summed E-state index contributed by atoms with van der Waals surface area (Å²) in [5.74, 6) is 0.122. The number of hydrogen-bond donors (Lipinski definition) is 0. The Kier molecular flexibility index (Phi) is 14.3. The quantitative estimate of drug-likeness (QED) is 0.0871. The van der Waals surface area contributed by atoms with Crippen LogP contribution in [0.2, 0.25) is 0 Å². The first-order valence-electron chi connectivity index (χ1n) is 14.1. The third-order valence-electron chi connectivity index (χ3n) is 6.59. The molecule has 1 atom stereocenters. The number of carbonyl (C=O) groups excluding carboxylic acids is 3. The fraction of sp³-hybridized carbons (Fsp3) is 0.531. The van der Waals surface area contributed by atoms with Gasteiger partial charge in [-0.2, -0.15) is 0 Å². The van der Waals surface area contributed by atoms with Crippen molar-refractivity contribution in [3.8, 4) is 11.5 Å². The number of carbonyl (C=O) groups is 3. The van der Waals surface area contributed by atoms with Crippen LogP contribution in [0, 0.1) is 5.92 Å². The minimum atomic E-state index is -0.510. The lowest BCUT2D eigenvalue weighted by molar-refractivity contribution is -0.134. The summed E-state index contributed by atoms with van der Waals surface area (Å²) in [5, 5.41) is 0. The minimum absolute atomic E-state index is 0.0200. The molecule has 0 fully saturated rings. The molecule has 1 unspecified atom stereocenters. The molecule has 0 saturated carbocycles. The molecule has 0 aliphatic heterocycles. The lowest BCUT2D eigenvalue weighted by Crippen LogP contribution is -2.12. The largest absolute Gasteiger partial charge is 0.427 e. The van der Waals surface area contributed by atoms with Gasteiger partial charge in [-0.25, -0.2) is 4.79 Å². The third-order valence-corrected chi connectivity index (χ3v) is 6.59. The summed E-state index contributed by atoms with van der Waals surface area (Å²) in [6, 6.07) is 13.1. The monoisotopic (exact) mass is 508 g/mol. The zero-order chi connectivity index (χ0) is 26.9. The lowest BCUT2D eigenvalue weighted by Gasteiger charge is -2.11. The van der Waals surface area contributed by atoms with E-state index in [1.54, 1.807) is 48.5 Å². The predicted molar refractivity (Wildman–Crippen MR) is 148 cm³/mol. The highest BCUT2D eigenvalue weighted by molar-refractivity contribution is 5.98. The van der Waals surface area contributed by atoms with Crippen LogP contribution >= 0.6 is 0 Å². The van der Waals surface area contributed by atoms with Crippen LogP contribution < -0.4 is 9.47 Å². The maximum Gasteiger partial charge on any atom is 0.343 e. The summed E-state index contributed by atoms with van der Waals surface area (Å²) >= 11 is 0. The Bertz CT molecular complexity index is 946. The van der Waals surface area contributed by atoms with Gasteiger partial charge in [0.25, 0.3) is 0 Å². The molecular formula is C32H44O5. The molecule has 0 radical (unpaired) electrons. The molecule has 0 aliphatic carbocycles. The normalized spacial score (nSPS) is 11.6. The van der Waals surface area contributed by atoms with Crippen LogP contribution in [0.5, 0.6) is 11.5 Å². The number of ether oxygens (including phenoxy) is 2. The van der Waals surface area contributed by atoms with Gasteiger partial charge in [-0.15, -0.1) is 0 Å². The Balaban J connectivity index is 1.76. The Morgan fingerprint density at radius 1 is 0.622 bits per heavy atom. The fourth-order valence-electron chi connectivity index (χ4n) is 4.21. The highest BCUT2D eigenvalue weighted by atomic mass is 16.5. The number of ketones is 1. The Labute approximate surface area is 222 Å². The van der Waals surface area contributed by atoms with Gasteiger partial charge in [0.2, 0.25) is 0 Å². The van der Waals surface area contributed by atoms with Crippen LogP contribution in [0.4, 0.5) is 0 Å². The Morgan fingerprint density at radius 3 is 1.70 bits per heavy atom. The molecule has 0 heterocycles. The molecule has 0 spiro atoms. The summed E-state index contributed by atoms with van der Waals surface area (Å²) < 4.78 is 10.8. The van der Waals surface area contributed by atoms with Crippen LogP contribution in [0.25, 0.3) is 0 Å². The standard InChI is InChI=1S/C32H44O5/c1-4-6-8-10-11-12-14-16-30(33)36-28-23-19-27(20-24-28)32(35)37-29-21-17-26(18-22-29)31(34)25(3)15-13-9-7-5-2/h17-25H,4-16H2,1-3H3. The van der Waals surface area contributed by atoms with E-state index in [-0.39, 0.29) is 17.7 Å². The van der Waals surface area contributed by atoms with E-state index in [1.165, 1.54) is 38.5 Å². The van der Waals surface area contributed by atoms with E-state index >= 15 is 0 Å². The highest BCUT2D eigenvalue weighted by Crippen LogP contribution is 2.21. The number of hydrogen-bond acceptors (Lipinski definition) is 5. The van der Waals surface area contributed by atoms with Gasteiger partial charge in [-0.3, -0.25) is 9.59 Å². The van der Waals surface area contributed by atoms with Gasteiger partial charge >= 0.3 is 11.9 Å². The molecule has 0 bridgehead atoms. The number of esters is 2. The van der Waals surface area contributed by atoms with Crippen molar-refractivity contribution in [2.24, 2.45) is 5.92 Å². The summed E-state index contributed by atoms with van der Waals surface area (Å²) in [5.41, 5.74) is 0.984. The van der Waals surface area contributed by atoms with Gasteiger partial charge in [0.15, 0.2) is 5.78 Å². The molecule has 2 aromatic carbocycles. The lowest BCUT2D eigenvalue weighted by atomic mass is 9.94. The minimum Gasteiger partial charge on any atom is -0.427 e. The summed E-state index contributed by atoms with van der Waals surface area (Å²) in [6.45, 7) is 6.35. The zero-order valence-corrected chi connectivity index (χ0v) is 22.9. The second-order valence-corrected chi connectivity index (χ2v) is 9.90. The molecule has 5 nitrogen and oxygen atoms in total. The molecule has 2 aromatic rings. The Morgan fingerprint density at radius 2 is 1.11 bits per heavy atom. The average Bonchev–Trinajstić information content (AvgIpc) is 2.91. The zero-order valence-electron chi connectivity index (χ0n) is 22.9. The van der Waals surface area contributed by atoms with Crippen LogP contribution in [-0.4, -0.2) is 17.7 Å². The Hall–Kier alpha value is -2.95. The third kappa shape index (κ3) is 11.8. The molecule has 0 saturated heterocycles. The first-order valence-corrected chi connectivity index (χ1v) is 14.1. The van der Waals surface area contributed by atoms with Crippen molar-refractivity contribution in [1.82, 2.24) is 0 Å². The van der Waals surface area contributed by atoms with Crippen LogP contribution in [0.15, 0.2) is 48.5 Å². The van der Waals surface area contributed by atoms with Crippen molar-refractivity contribution in [1.29, 1.82) is 0 Å². The topological polar surface area (TPSA) is 69.7 Å². The molecule has 37 heavy (non-hydrogen) atoms. The SMILES string of the molecule is CCCCCCCCCC(=O)Oc1ccc(C(=O)Oc2ccc(C(=O)C(C)CCCCCC)cc2)cc1. The number of rotatable bonds is 18. The molecule has 202 valence electrons. The van der Waals surface area contributed by atoms with Crippen LogP contribution in [0.3, 0.4) is 0 Å². The molecule has 5 heteroatoms. The molecule has 0 N–H and O–H groups in total. The van der Waals surface area contributed by atoms with Gasteiger partial charge < -0.3 is 9.47 Å². The van der Waals surface area contributed by atoms with Gasteiger partial charge in [0.1, 0.15) is 11.5 Å². The second-order valence-electron chi connectivity index (χ2n) is 9.90. The predicted octanol–water partition coefficient (Wildman–Crippen LogP) is 8.74. The number of unbranched alkanes of at least 4 members (excludes halogenated alkanes) is 9. The number of Topliss-reactive ketones (excluding diaryl/α,β-unsaturated/α-hetero) is 1. The second kappa shape index (κ2) is 17.5. The van der Waals surface area contributed by atoms with E-state index in [0.29, 0.717) is 29.0 Å². The van der Waals surface area contributed by atoms with E-state index in [4.69, 9.17) is 9.47 Å². The maximum atomic E-state index is 12.7. The number of benzene rings is 2. The first kappa shape index (κ1) is 30.3. The smallest absolute Gasteiger partial charge is 0.343 e. The molecular weight excluding hydrogens is 464 g/mol. The average molecular weight is 509 g/mol. The van der Waals surface area contributed by atoms with E-state index in [9.17, 15) is 14.4 Å². The van der Waals surface area contributed by atoms with E-state index in [0.717, 1.165) is 38.5 Å². The summed E-state index contributed by atoms with van der Waals surface area (Å²) in [6.07, 6.45) is 13.9. The van der Waals surface area contributed by atoms with E-state index in [2.05, 4.69) is 13.8 Å². The van der Waals surface area contributed by atoms with Gasteiger partial charge in [0.05, 0.1) is 5.56 Å². The first-order chi connectivity index (χ1) is 17.9. The van der Waals surface area contributed by atoms with Crippen molar-refractivity contribution in [3.05, 3.63) is 59.7 Å². The molecule has 0 aromatic heterocycles. The van der Waals surface area contributed by atoms with Crippen molar-refractivity contribution in [3.63, 3.8) is 0 Å². The van der Waals surface area contributed by atoms with Crippen LogP contribution in [-0.2, 0) is 4.79 Å². The molecule has 2 rings (SSSR count). The van der Waals surface area contributed by atoms with Crippen molar-refractivity contribution in [2.45, 2.75) is 104 Å².